The summed E-state index contributed by atoms with van der Waals surface area (Å²) in [5.74, 6) is 3.91. The minimum atomic E-state index is 0.409. The molecular weight excluding hydrogens is 274 g/mol. The molecule has 2 saturated carbocycles. The molecule has 2 heterocycles. The maximum absolute atomic E-state index is 12.8. The molecule has 0 spiro atoms. The Morgan fingerprint density at radius 3 is 2.59 bits per heavy atom. The SMILES string of the molecule is Cc1nccn1[C@H]1CCCN(C(=O)CC(C2CC2)C2CC2)C1. The van der Waals surface area contributed by atoms with E-state index in [2.05, 4.69) is 27.6 Å². The molecule has 1 aromatic rings. The van der Waals surface area contributed by atoms with Gasteiger partial charge in [-0.3, -0.25) is 4.79 Å². The quantitative estimate of drug-likeness (QED) is 0.838. The highest BCUT2D eigenvalue weighted by molar-refractivity contribution is 5.76. The van der Waals surface area contributed by atoms with Crippen molar-refractivity contribution >= 4 is 5.91 Å². The van der Waals surface area contributed by atoms with Gasteiger partial charge in [-0.1, -0.05) is 0 Å². The number of rotatable bonds is 5. The van der Waals surface area contributed by atoms with Gasteiger partial charge in [-0.2, -0.15) is 0 Å². The lowest BCUT2D eigenvalue weighted by molar-refractivity contribution is -0.134. The van der Waals surface area contributed by atoms with Crippen LogP contribution in [0.25, 0.3) is 0 Å². The van der Waals surface area contributed by atoms with Gasteiger partial charge in [-0.05, 0) is 63.2 Å². The highest BCUT2D eigenvalue weighted by atomic mass is 16.2. The van der Waals surface area contributed by atoms with Crippen molar-refractivity contribution in [1.82, 2.24) is 14.5 Å². The average molecular weight is 301 g/mol. The highest BCUT2D eigenvalue weighted by Crippen LogP contribution is 2.50. The zero-order valence-corrected chi connectivity index (χ0v) is 13.6. The van der Waals surface area contributed by atoms with Gasteiger partial charge in [0.05, 0.1) is 6.04 Å². The Kier molecular flexibility index (Phi) is 3.71. The summed E-state index contributed by atoms with van der Waals surface area (Å²) in [6.07, 6.45) is 12.5. The first-order chi connectivity index (χ1) is 10.7. The van der Waals surface area contributed by atoms with Gasteiger partial charge in [0.15, 0.2) is 0 Å². The second kappa shape index (κ2) is 5.71. The number of amides is 1. The van der Waals surface area contributed by atoms with Crippen LogP contribution in [-0.2, 0) is 4.79 Å². The van der Waals surface area contributed by atoms with Gasteiger partial charge in [0.25, 0.3) is 0 Å². The summed E-state index contributed by atoms with van der Waals surface area (Å²) in [6.45, 7) is 3.88. The van der Waals surface area contributed by atoms with Gasteiger partial charge >= 0.3 is 0 Å². The van der Waals surface area contributed by atoms with Crippen LogP contribution in [0.1, 0.15) is 56.8 Å². The molecule has 1 aliphatic heterocycles. The van der Waals surface area contributed by atoms with Gasteiger partial charge in [0.2, 0.25) is 5.91 Å². The van der Waals surface area contributed by atoms with E-state index < -0.39 is 0 Å². The fraction of sp³-hybridized carbons (Fsp3) is 0.778. The monoisotopic (exact) mass is 301 g/mol. The fourth-order valence-electron chi connectivity index (χ4n) is 4.28. The summed E-state index contributed by atoms with van der Waals surface area (Å²) >= 11 is 0. The van der Waals surface area contributed by atoms with E-state index in [0.717, 1.165) is 50.0 Å². The molecule has 2 aliphatic carbocycles. The molecular formula is C18H27N3O. The minimum Gasteiger partial charge on any atom is -0.341 e. The fourth-order valence-corrected chi connectivity index (χ4v) is 4.28. The van der Waals surface area contributed by atoms with Gasteiger partial charge in [0, 0.05) is 31.9 Å². The van der Waals surface area contributed by atoms with Crippen molar-refractivity contribution in [2.75, 3.05) is 13.1 Å². The molecule has 0 unspecified atom stereocenters. The number of carbonyl (C=O) groups is 1. The Balaban J connectivity index is 1.39. The topological polar surface area (TPSA) is 38.1 Å². The van der Waals surface area contributed by atoms with E-state index in [1.54, 1.807) is 0 Å². The number of carbonyl (C=O) groups excluding carboxylic acids is 1. The first kappa shape index (κ1) is 14.3. The molecule has 0 radical (unpaired) electrons. The smallest absolute Gasteiger partial charge is 0.222 e. The summed E-state index contributed by atoms with van der Waals surface area (Å²) in [5.41, 5.74) is 0. The number of imidazole rings is 1. The summed E-state index contributed by atoms with van der Waals surface area (Å²) in [4.78, 5) is 19.2. The average Bonchev–Trinajstić information content (AvgIpc) is 3.44. The molecule has 3 aliphatic rings. The zero-order valence-electron chi connectivity index (χ0n) is 13.6. The van der Waals surface area contributed by atoms with Gasteiger partial charge in [-0.15, -0.1) is 0 Å². The summed E-state index contributed by atoms with van der Waals surface area (Å²) < 4.78 is 2.25. The van der Waals surface area contributed by atoms with Gasteiger partial charge in [-0.25, -0.2) is 4.98 Å². The van der Waals surface area contributed by atoms with Crippen LogP contribution in [0, 0.1) is 24.7 Å². The van der Waals surface area contributed by atoms with Crippen LogP contribution in [0.5, 0.6) is 0 Å². The van der Waals surface area contributed by atoms with Crippen LogP contribution in [-0.4, -0.2) is 33.4 Å². The van der Waals surface area contributed by atoms with Crippen molar-refractivity contribution in [1.29, 1.82) is 0 Å². The molecule has 1 amide bonds. The molecule has 1 saturated heterocycles. The lowest BCUT2D eigenvalue weighted by Gasteiger charge is -2.35. The van der Waals surface area contributed by atoms with E-state index in [1.807, 2.05) is 6.20 Å². The first-order valence-electron chi connectivity index (χ1n) is 8.99. The van der Waals surface area contributed by atoms with Crippen LogP contribution in [0.15, 0.2) is 12.4 Å². The number of aromatic nitrogens is 2. The molecule has 120 valence electrons. The molecule has 0 N–H and O–H groups in total. The van der Waals surface area contributed by atoms with Gasteiger partial charge in [0.1, 0.15) is 5.82 Å². The minimum absolute atomic E-state index is 0.409. The largest absolute Gasteiger partial charge is 0.341 e. The number of nitrogens with zero attached hydrogens (tertiary/aromatic N) is 3. The molecule has 4 nitrogen and oxygen atoms in total. The van der Waals surface area contributed by atoms with Crippen LogP contribution in [0.2, 0.25) is 0 Å². The summed E-state index contributed by atoms with van der Waals surface area (Å²) in [7, 11) is 0. The second-order valence-electron chi connectivity index (χ2n) is 7.56. The Hall–Kier alpha value is -1.32. The van der Waals surface area contributed by atoms with Crippen LogP contribution < -0.4 is 0 Å². The Labute approximate surface area is 132 Å². The van der Waals surface area contributed by atoms with Crippen molar-refractivity contribution in [3.05, 3.63) is 18.2 Å². The van der Waals surface area contributed by atoms with Gasteiger partial charge < -0.3 is 9.47 Å². The Bertz CT molecular complexity index is 532. The van der Waals surface area contributed by atoms with Crippen molar-refractivity contribution in [3.63, 3.8) is 0 Å². The first-order valence-corrected chi connectivity index (χ1v) is 8.99. The molecule has 1 atom stereocenters. The van der Waals surface area contributed by atoms with Crippen LogP contribution in [0.3, 0.4) is 0 Å². The van der Waals surface area contributed by atoms with E-state index in [0.29, 0.717) is 17.9 Å². The molecule has 4 heteroatoms. The predicted octanol–water partition coefficient (Wildman–Crippen LogP) is 3.18. The number of likely N-dealkylation sites (tertiary alicyclic amines) is 1. The van der Waals surface area contributed by atoms with E-state index in [9.17, 15) is 4.79 Å². The molecule has 0 bridgehead atoms. The highest BCUT2D eigenvalue weighted by Gasteiger charge is 2.43. The van der Waals surface area contributed by atoms with Crippen molar-refractivity contribution in [3.8, 4) is 0 Å². The van der Waals surface area contributed by atoms with E-state index in [4.69, 9.17) is 0 Å². The maximum atomic E-state index is 12.8. The predicted molar refractivity (Wildman–Crippen MR) is 85.4 cm³/mol. The third-order valence-electron chi connectivity index (χ3n) is 5.87. The normalized spacial score (nSPS) is 25.7. The van der Waals surface area contributed by atoms with E-state index in [1.165, 1.54) is 25.7 Å². The number of aryl methyl sites for hydroxylation is 1. The zero-order chi connectivity index (χ0) is 15.1. The summed E-state index contributed by atoms with van der Waals surface area (Å²) in [5, 5.41) is 0. The van der Waals surface area contributed by atoms with Crippen molar-refractivity contribution < 1.29 is 4.79 Å². The van der Waals surface area contributed by atoms with E-state index >= 15 is 0 Å². The van der Waals surface area contributed by atoms with Crippen LogP contribution in [0.4, 0.5) is 0 Å². The summed E-state index contributed by atoms with van der Waals surface area (Å²) in [6, 6.07) is 0.417. The third kappa shape index (κ3) is 2.92. The van der Waals surface area contributed by atoms with Crippen molar-refractivity contribution in [2.24, 2.45) is 17.8 Å². The standard InChI is InChI=1S/C18H27N3O/c1-13-19-8-10-21(13)16-3-2-9-20(12-16)18(22)11-17(14-4-5-14)15-6-7-15/h8,10,14-17H,2-7,9,11-12H2,1H3/t16-/m0/s1. The molecule has 22 heavy (non-hydrogen) atoms. The lowest BCUT2D eigenvalue weighted by Crippen LogP contribution is -2.41. The number of piperidine rings is 1. The maximum Gasteiger partial charge on any atom is 0.222 e. The Morgan fingerprint density at radius 1 is 1.27 bits per heavy atom. The number of hydrogen-bond donors (Lipinski definition) is 0. The lowest BCUT2D eigenvalue weighted by atomic mass is 9.93. The van der Waals surface area contributed by atoms with Crippen molar-refractivity contribution in [2.45, 2.75) is 57.9 Å². The molecule has 4 rings (SSSR count). The third-order valence-corrected chi connectivity index (χ3v) is 5.87. The molecule has 3 fully saturated rings. The van der Waals surface area contributed by atoms with Crippen LogP contribution >= 0.6 is 0 Å². The number of hydrogen-bond acceptors (Lipinski definition) is 2. The molecule has 1 aromatic heterocycles. The van der Waals surface area contributed by atoms with E-state index in [-0.39, 0.29) is 0 Å². The Morgan fingerprint density at radius 2 is 2.00 bits per heavy atom. The second-order valence-corrected chi connectivity index (χ2v) is 7.56. The molecule has 0 aromatic carbocycles.